The zero-order valence-electron chi connectivity index (χ0n) is 14.0. The largest absolute Gasteiger partial charge is 0.444 e. The number of carbonyl (C=O) groups excluding carboxylic acids is 1. The third-order valence-corrected chi connectivity index (χ3v) is 6.02. The Kier molecular flexibility index (Phi) is 4.49. The van der Waals surface area contributed by atoms with Gasteiger partial charge in [-0.2, -0.15) is 0 Å². The van der Waals surface area contributed by atoms with Crippen LogP contribution in [-0.2, 0) is 19.5 Å². The summed E-state index contributed by atoms with van der Waals surface area (Å²) in [6, 6.07) is 0. The summed E-state index contributed by atoms with van der Waals surface area (Å²) in [7, 11) is -0.285. The summed E-state index contributed by atoms with van der Waals surface area (Å²) in [5.74, 6) is -0.0395. The molecule has 2 fully saturated rings. The van der Waals surface area contributed by atoms with Crippen LogP contribution in [0.3, 0.4) is 0 Å². The van der Waals surface area contributed by atoms with Gasteiger partial charge in [-0.1, -0.05) is 0 Å². The normalized spacial score (nSPS) is 24.6. The fourth-order valence-electron chi connectivity index (χ4n) is 2.84. The Morgan fingerprint density at radius 3 is 2.45 bits per heavy atom. The average Bonchev–Trinajstić information content (AvgIpc) is 2.67. The first-order valence-corrected chi connectivity index (χ1v) is 9.06. The molecule has 128 valence electrons. The van der Waals surface area contributed by atoms with Gasteiger partial charge >= 0.3 is 6.09 Å². The molecule has 7 nitrogen and oxygen atoms in total. The molecule has 2 heterocycles. The maximum absolute atomic E-state index is 12.1. The molecule has 0 aromatic rings. The summed E-state index contributed by atoms with van der Waals surface area (Å²) in [6.07, 6.45) is 0.0673. The number of rotatable bonds is 3. The lowest BCUT2D eigenvalue weighted by Gasteiger charge is -2.50. The highest BCUT2D eigenvalue weighted by Crippen LogP contribution is 2.44. The first-order valence-electron chi connectivity index (χ1n) is 7.45. The monoisotopic (exact) mass is 334 g/mol. The molecule has 0 N–H and O–H groups in total. The minimum absolute atomic E-state index is 0.0395. The SMILES string of the molecule is CN(C)S(=O)(=O)CC1OCCC12CN(C(=O)OC(C)(C)C)C2. The molecule has 1 spiro atoms. The molecular weight excluding hydrogens is 308 g/mol. The molecule has 0 bridgehead atoms. The molecule has 0 aliphatic carbocycles. The van der Waals surface area contributed by atoms with Gasteiger partial charge in [-0.05, 0) is 27.2 Å². The van der Waals surface area contributed by atoms with Crippen LogP contribution in [0.5, 0.6) is 0 Å². The molecule has 1 atom stereocenters. The highest BCUT2D eigenvalue weighted by atomic mass is 32.2. The van der Waals surface area contributed by atoms with E-state index in [4.69, 9.17) is 9.47 Å². The van der Waals surface area contributed by atoms with E-state index in [0.717, 1.165) is 6.42 Å². The summed E-state index contributed by atoms with van der Waals surface area (Å²) < 4.78 is 36.3. The van der Waals surface area contributed by atoms with E-state index >= 15 is 0 Å². The second kappa shape index (κ2) is 5.65. The minimum Gasteiger partial charge on any atom is -0.444 e. The molecule has 0 radical (unpaired) electrons. The first-order chi connectivity index (χ1) is 9.95. The van der Waals surface area contributed by atoms with Crippen molar-refractivity contribution < 1.29 is 22.7 Å². The highest BCUT2D eigenvalue weighted by Gasteiger charge is 2.55. The van der Waals surface area contributed by atoms with Crippen LogP contribution < -0.4 is 0 Å². The molecule has 22 heavy (non-hydrogen) atoms. The molecule has 8 heteroatoms. The van der Waals surface area contributed by atoms with Gasteiger partial charge in [0.2, 0.25) is 10.0 Å². The molecule has 0 aromatic carbocycles. The molecule has 0 saturated carbocycles. The molecule has 2 rings (SSSR count). The minimum atomic E-state index is -3.32. The van der Waals surface area contributed by atoms with Crippen molar-refractivity contribution in [2.45, 2.75) is 38.9 Å². The van der Waals surface area contributed by atoms with Crippen molar-refractivity contribution in [3.63, 3.8) is 0 Å². The Balaban J connectivity index is 1.97. The maximum Gasteiger partial charge on any atom is 0.410 e. The van der Waals surface area contributed by atoms with Crippen LogP contribution >= 0.6 is 0 Å². The lowest BCUT2D eigenvalue weighted by molar-refractivity contribution is -0.0597. The predicted molar refractivity (Wildman–Crippen MR) is 82.1 cm³/mol. The number of hydrogen-bond acceptors (Lipinski definition) is 5. The number of hydrogen-bond donors (Lipinski definition) is 0. The molecule has 2 aliphatic heterocycles. The lowest BCUT2D eigenvalue weighted by Crippen LogP contribution is -2.63. The third-order valence-electron chi connectivity index (χ3n) is 4.18. The Labute approximate surface area is 132 Å². The molecule has 1 unspecified atom stereocenters. The van der Waals surface area contributed by atoms with E-state index < -0.39 is 15.6 Å². The summed E-state index contributed by atoms with van der Waals surface area (Å²) in [5, 5.41) is 0. The molecule has 2 saturated heterocycles. The first kappa shape index (κ1) is 17.5. The highest BCUT2D eigenvalue weighted by molar-refractivity contribution is 7.89. The molecule has 2 aliphatic rings. The van der Waals surface area contributed by atoms with Crippen molar-refractivity contribution in [2.75, 3.05) is 39.5 Å². The lowest BCUT2D eigenvalue weighted by atomic mass is 9.74. The number of ether oxygens (including phenoxy) is 2. The van der Waals surface area contributed by atoms with Gasteiger partial charge in [-0.25, -0.2) is 17.5 Å². The quantitative estimate of drug-likeness (QED) is 0.766. The van der Waals surface area contributed by atoms with Gasteiger partial charge in [-0.3, -0.25) is 0 Å². The van der Waals surface area contributed by atoms with Gasteiger partial charge < -0.3 is 14.4 Å². The van der Waals surface area contributed by atoms with E-state index in [0.29, 0.717) is 19.7 Å². The zero-order valence-corrected chi connectivity index (χ0v) is 14.8. The fourth-order valence-corrected chi connectivity index (χ4v) is 3.97. The van der Waals surface area contributed by atoms with Crippen LogP contribution in [-0.4, -0.2) is 75.0 Å². The van der Waals surface area contributed by atoms with E-state index in [1.54, 1.807) is 4.90 Å². The standard InChI is InChI=1S/C14H26N2O5S/c1-13(2,3)21-12(17)16-9-14(10-16)6-7-20-11(14)8-22(18,19)15(4)5/h11H,6-10H2,1-5H3. The van der Waals surface area contributed by atoms with Crippen molar-refractivity contribution in [3.05, 3.63) is 0 Å². The second-order valence-corrected chi connectivity index (χ2v) is 9.60. The number of likely N-dealkylation sites (tertiary alicyclic amines) is 1. The van der Waals surface area contributed by atoms with Crippen LogP contribution in [0, 0.1) is 5.41 Å². The Morgan fingerprint density at radius 1 is 1.36 bits per heavy atom. The Morgan fingerprint density at radius 2 is 1.95 bits per heavy atom. The van der Waals surface area contributed by atoms with E-state index in [1.807, 2.05) is 20.8 Å². The van der Waals surface area contributed by atoms with Crippen LogP contribution in [0.25, 0.3) is 0 Å². The number of amides is 1. The van der Waals surface area contributed by atoms with Crippen LogP contribution in [0.1, 0.15) is 27.2 Å². The van der Waals surface area contributed by atoms with E-state index in [-0.39, 0.29) is 23.4 Å². The Bertz CT molecular complexity index is 532. The molecule has 1 amide bonds. The van der Waals surface area contributed by atoms with Crippen LogP contribution in [0.2, 0.25) is 0 Å². The summed E-state index contributed by atoms with van der Waals surface area (Å²) in [6.45, 7) is 7.00. The van der Waals surface area contributed by atoms with Gasteiger partial charge in [-0.15, -0.1) is 0 Å². The number of sulfonamides is 1. The van der Waals surface area contributed by atoms with Crippen molar-refractivity contribution in [3.8, 4) is 0 Å². The third kappa shape index (κ3) is 3.55. The summed E-state index contributed by atoms with van der Waals surface area (Å²) in [4.78, 5) is 13.6. The fraction of sp³-hybridized carbons (Fsp3) is 0.929. The van der Waals surface area contributed by atoms with Gasteiger partial charge in [0.15, 0.2) is 0 Å². The number of nitrogens with zero attached hydrogens (tertiary/aromatic N) is 2. The van der Waals surface area contributed by atoms with Crippen molar-refractivity contribution in [1.82, 2.24) is 9.21 Å². The van der Waals surface area contributed by atoms with Crippen molar-refractivity contribution >= 4 is 16.1 Å². The molecule has 0 aromatic heterocycles. The average molecular weight is 334 g/mol. The van der Waals surface area contributed by atoms with Gasteiger partial charge in [0.1, 0.15) is 5.60 Å². The van der Waals surface area contributed by atoms with Crippen molar-refractivity contribution in [2.24, 2.45) is 5.41 Å². The van der Waals surface area contributed by atoms with Gasteiger partial charge in [0.05, 0.1) is 11.9 Å². The molecular formula is C14H26N2O5S. The summed E-state index contributed by atoms with van der Waals surface area (Å²) >= 11 is 0. The van der Waals surface area contributed by atoms with Crippen LogP contribution in [0.4, 0.5) is 4.79 Å². The zero-order chi connectivity index (χ0) is 16.8. The predicted octanol–water partition coefficient (Wildman–Crippen LogP) is 0.904. The van der Waals surface area contributed by atoms with E-state index in [9.17, 15) is 13.2 Å². The number of carbonyl (C=O) groups is 1. The maximum atomic E-state index is 12.1. The van der Waals surface area contributed by atoms with Gasteiger partial charge in [0, 0.05) is 39.2 Å². The topological polar surface area (TPSA) is 76.2 Å². The van der Waals surface area contributed by atoms with Gasteiger partial charge in [0.25, 0.3) is 0 Å². The van der Waals surface area contributed by atoms with E-state index in [1.165, 1.54) is 18.4 Å². The smallest absolute Gasteiger partial charge is 0.410 e. The second-order valence-electron chi connectivity index (χ2n) is 7.37. The Hall–Kier alpha value is -0.860. The van der Waals surface area contributed by atoms with Crippen molar-refractivity contribution in [1.29, 1.82) is 0 Å². The van der Waals surface area contributed by atoms with Crippen LogP contribution in [0.15, 0.2) is 0 Å². The van der Waals surface area contributed by atoms with E-state index in [2.05, 4.69) is 0 Å². The summed E-state index contributed by atoms with van der Waals surface area (Å²) in [5.41, 5.74) is -0.778.